The number of primary sulfonamides is 1. The fourth-order valence-corrected chi connectivity index (χ4v) is 3.43. The summed E-state index contributed by atoms with van der Waals surface area (Å²) in [6.07, 6.45) is 0. The fraction of sp³-hybridized carbons (Fsp3) is 0.133. The van der Waals surface area contributed by atoms with E-state index in [0.717, 1.165) is 4.90 Å². The van der Waals surface area contributed by atoms with Crippen molar-refractivity contribution in [2.45, 2.75) is 22.0 Å². The lowest BCUT2D eigenvalue weighted by Gasteiger charge is -2.13. The van der Waals surface area contributed by atoms with Gasteiger partial charge in [-0.05, 0) is 43.3 Å². The molecule has 2 aromatic rings. The Morgan fingerprint density at radius 1 is 1.17 bits per heavy atom. The lowest BCUT2D eigenvalue weighted by molar-refractivity contribution is -0.115. The van der Waals surface area contributed by atoms with Crippen molar-refractivity contribution in [2.24, 2.45) is 5.14 Å². The quantitative estimate of drug-likeness (QED) is 0.791. The van der Waals surface area contributed by atoms with Gasteiger partial charge in [-0.3, -0.25) is 4.79 Å². The van der Waals surface area contributed by atoms with E-state index in [-0.39, 0.29) is 16.1 Å². The molecule has 1 amide bonds. The topological polar surface area (TPSA) is 89.3 Å². The van der Waals surface area contributed by atoms with Gasteiger partial charge in [0, 0.05) is 10.6 Å². The van der Waals surface area contributed by atoms with Crippen molar-refractivity contribution < 1.29 is 13.2 Å². The maximum Gasteiger partial charge on any atom is 0.238 e. The SMILES string of the molecule is CC(Sc1ccccc1Cl)C(=O)Nc1ccc(S(N)(=O)=O)cc1. The average molecular weight is 371 g/mol. The Morgan fingerprint density at radius 2 is 1.78 bits per heavy atom. The van der Waals surface area contributed by atoms with Crippen LogP contribution < -0.4 is 10.5 Å². The van der Waals surface area contributed by atoms with E-state index in [9.17, 15) is 13.2 Å². The van der Waals surface area contributed by atoms with Crippen molar-refractivity contribution in [1.82, 2.24) is 0 Å². The molecule has 2 rings (SSSR count). The maximum atomic E-state index is 12.2. The molecule has 1 unspecified atom stereocenters. The van der Waals surface area contributed by atoms with Crippen molar-refractivity contribution in [3.05, 3.63) is 53.6 Å². The van der Waals surface area contributed by atoms with E-state index in [1.165, 1.54) is 36.0 Å². The van der Waals surface area contributed by atoms with Gasteiger partial charge in [0.1, 0.15) is 0 Å². The van der Waals surface area contributed by atoms with Gasteiger partial charge in [0.15, 0.2) is 0 Å². The smallest absolute Gasteiger partial charge is 0.238 e. The van der Waals surface area contributed by atoms with Crippen LogP contribution in [-0.4, -0.2) is 19.6 Å². The zero-order valence-corrected chi connectivity index (χ0v) is 14.6. The minimum absolute atomic E-state index is 0.00556. The van der Waals surface area contributed by atoms with Gasteiger partial charge in [0.25, 0.3) is 0 Å². The van der Waals surface area contributed by atoms with Gasteiger partial charge in [-0.1, -0.05) is 23.7 Å². The van der Waals surface area contributed by atoms with Gasteiger partial charge in [-0.25, -0.2) is 13.6 Å². The fourth-order valence-electron chi connectivity index (χ4n) is 1.76. The number of hydrogen-bond acceptors (Lipinski definition) is 4. The second-order valence-corrected chi connectivity index (χ2v) is 8.10. The molecule has 1 atom stereocenters. The first-order valence-corrected chi connectivity index (χ1v) is 9.42. The van der Waals surface area contributed by atoms with Crippen LogP contribution in [-0.2, 0) is 14.8 Å². The van der Waals surface area contributed by atoms with Gasteiger partial charge in [0.05, 0.1) is 15.2 Å². The van der Waals surface area contributed by atoms with Gasteiger partial charge in [-0.2, -0.15) is 0 Å². The van der Waals surface area contributed by atoms with E-state index in [2.05, 4.69) is 5.32 Å². The summed E-state index contributed by atoms with van der Waals surface area (Å²) in [5, 5.41) is 7.97. The molecule has 0 spiro atoms. The lowest BCUT2D eigenvalue weighted by Crippen LogP contribution is -2.22. The third-order valence-electron chi connectivity index (χ3n) is 2.96. The van der Waals surface area contributed by atoms with Crippen LogP contribution >= 0.6 is 23.4 Å². The normalized spacial score (nSPS) is 12.7. The van der Waals surface area contributed by atoms with Crippen LogP contribution in [0.1, 0.15) is 6.92 Å². The summed E-state index contributed by atoms with van der Waals surface area (Å²) < 4.78 is 22.4. The predicted octanol–water partition coefficient (Wildman–Crippen LogP) is 3.11. The van der Waals surface area contributed by atoms with Crippen molar-refractivity contribution in [1.29, 1.82) is 0 Å². The summed E-state index contributed by atoms with van der Waals surface area (Å²) in [7, 11) is -3.74. The van der Waals surface area contributed by atoms with Gasteiger partial charge in [-0.15, -0.1) is 11.8 Å². The highest BCUT2D eigenvalue weighted by Gasteiger charge is 2.16. The molecular formula is C15H15ClN2O3S2. The number of carbonyl (C=O) groups excluding carboxylic acids is 1. The van der Waals surface area contributed by atoms with E-state index in [1.54, 1.807) is 13.0 Å². The molecule has 5 nitrogen and oxygen atoms in total. The van der Waals surface area contributed by atoms with Crippen LogP contribution in [0.15, 0.2) is 58.3 Å². The molecule has 122 valence electrons. The number of anilines is 1. The molecule has 0 aliphatic rings. The zero-order valence-electron chi connectivity index (χ0n) is 12.2. The molecule has 0 fully saturated rings. The molecule has 0 bridgehead atoms. The Hall–Kier alpha value is -1.54. The van der Waals surface area contributed by atoms with Crippen molar-refractivity contribution in [2.75, 3.05) is 5.32 Å². The minimum atomic E-state index is -3.74. The van der Waals surface area contributed by atoms with E-state index in [0.29, 0.717) is 10.7 Å². The molecule has 0 heterocycles. The second-order valence-electron chi connectivity index (χ2n) is 4.75. The number of thioether (sulfide) groups is 1. The summed E-state index contributed by atoms with van der Waals surface area (Å²) in [4.78, 5) is 13.0. The van der Waals surface area contributed by atoms with Crippen LogP contribution in [0.4, 0.5) is 5.69 Å². The van der Waals surface area contributed by atoms with Gasteiger partial charge < -0.3 is 5.32 Å². The van der Waals surface area contributed by atoms with Crippen molar-refractivity contribution in [3.63, 3.8) is 0 Å². The first-order chi connectivity index (χ1) is 10.8. The molecule has 2 aromatic carbocycles. The first-order valence-electron chi connectivity index (χ1n) is 6.62. The highest BCUT2D eigenvalue weighted by atomic mass is 35.5. The Morgan fingerprint density at radius 3 is 2.35 bits per heavy atom. The number of nitrogens with one attached hydrogen (secondary N) is 1. The van der Waals surface area contributed by atoms with E-state index in [4.69, 9.17) is 16.7 Å². The highest BCUT2D eigenvalue weighted by Crippen LogP contribution is 2.30. The molecule has 0 aliphatic heterocycles. The summed E-state index contributed by atoms with van der Waals surface area (Å²) in [5.74, 6) is -0.210. The maximum absolute atomic E-state index is 12.2. The summed E-state index contributed by atoms with van der Waals surface area (Å²) in [6, 6.07) is 13.0. The van der Waals surface area contributed by atoms with Crippen LogP contribution in [0.2, 0.25) is 5.02 Å². The lowest BCUT2D eigenvalue weighted by atomic mass is 10.3. The first kappa shape index (κ1) is 17.8. The Balaban J connectivity index is 2.02. The third kappa shape index (κ3) is 4.97. The summed E-state index contributed by atoms with van der Waals surface area (Å²) >= 11 is 7.42. The second kappa shape index (κ2) is 7.35. The number of amides is 1. The molecule has 23 heavy (non-hydrogen) atoms. The Labute approximate surface area is 144 Å². The highest BCUT2D eigenvalue weighted by molar-refractivity contribution is 8.00. The number of sulfonamides is 1. The average Bonchev–Trinajstić information content (AvgIpc) is 2.49. The summed E-state index contributed by atoms with van der Waals surface area (Å²) in [6.45, 7) is 1.77. The van der Waals surface area contributed by atoms with E-state index >= 15 is 0 Å². The molecule has 8 heteroatoms. The number of nitrogens with two attached hydrogens (primary N) is 1. The molecule has 0 radical (unpaired) electrons. The molecule has 3 N–H and O–H groups in total. The van der Waals surface area contributed by atoms with Gasteiger partial charge >= 0.3 is 0 Å². The molecule has 0 aromatic heterocycles. The molecule has 0 saturated heterocycles. The predicted molar refractivity (Wildman–Crippen MR) is 93.2 cm³/mol. The minimum Gasteiger partial charge on any atom is -0.325 e. The number of rotatable bonds is 5. The summed E-state index contributed by atoms with van der Waals surface area (Å²) in [5.41, 5.74) is 0.494. The van der Waals surface area contributed by atoms with E-state index < -0.39 is 10.0 Å². The Bertz CT molecular complexity index is 808. The zero-order chi connectivity index (χ0) is 17.0. The monoisotopic (exact) mass is 370 g/mol. The molecule has 0 saturated carbocycles. The van der Waals surface area contributed by atoms with Gasteiger partial charge in [0.2, 0.25) is 15.9 Å². The Kier molecular flexibility index (Phi) is 5.69. The third-order valence-corrected chi connectivity index (χ3v) is 5.51. The van der Waals surface area contributed by atoms with Crippen LogP contribution in [0.3, 0.4) is 0 Å². The van der Waals surface area contributed by atoms with Crippen LogP contribution in [0, 0.1) is 0 Å². The number of halogens is 1. The molecular weight excluding hydrogens is 356 g/mol. The standard InChI is InChI=1S/C15H15ClN2O3S2/c1-10(22-14-5-3-2-4-13(14)16)15(19)18-11-6-8-12(9-7-11)23(17,20)21/h2-10H,1H3,(H,18,19)(H2,17,20,21). The number of hydrogen-bond donors (Lipinski definition) is 2. The number of carbonyl (C=O) groups is 1. The number of benzene rings is 2. The molecule has 0 aliphatic carbocycles. The largest absolute Gasteiger partial charge is 0.325 e. The van der Waals surface area contributed by atoms with Crippen molar-refractivity contribution >= 4 is 45.0 Å². The van der Waals surface area contributed by atoms with E-state index in [1.807, 2.05) is 18.2 Å². The van der Waals surface area contributed by atoms with Crippen molar-refractivity contribution in [3.8, 4) is 0 Å². The van der Waals surface area contributed by atoms with Crippen LogP contribution in [0.5, 0.6) is 0 Å². The van der Waals surface area contributed by atoms with Crippen LogP contribution in [0.25, 0.3) is 0 Å².